The Morgan fingerprint density at radius 2 is 1.55 bits per heavy atom. The van der Waals surface area contributed by atoms with Crippen molar-refractivity contribution in [1.29, 1.82) is 0 Å². The van der Waals surface area contributed by atoms with Gasteiger partial charge in [-0.05, 0) is 72.6 Å². The second kappa shape index (κ2) is 8.07. The molecule has 31 heavy (non-hydrogen) atoms. The van der Waals surface area contributed by atoms with Crippen molar-refractivity contribution in [2.75, 3.05) is 22.7 Å². The minimum absolute atomic E-state index is 0.0689. The lowest BCUT2D eigenvalue weighted by Gasteiger charge is -2.20. The maximum atomic E-state index is 13.1. The first-order chi connectivity index (χ1) is 14.7. The molecule has 162 valence electrons. The molecule has 3 aromatic carbocycles. The monoisotopic (exact) mass is 478 g/mol. The van der Waals surface area contributed by atoms with Gasteiger partial charge in [0.1, 0.15) is 5.75 Å². The van der Waals surface area contributed by atoms with Gasteiger partial charge in [0.05, 0.1) is 28.3 Å². The van der Waals surface area contributed by atoms with Crippen molar-refractivity contribution in [2.45, 2.75) is 16.2 Å². The van der Waals surface area contributed by atoms with E-state index in [1.807, 2.05) is 0 Å². The minimum atomic E-state index is -3.85. The van der Waals surface area contributed by atoms with Crippen LogP contribution in [0.15, 0.2) is 76.5 Å². The second-order valence-electron chi connectivity index (χ2n) is 6.91. The number of sulfonamides is 2. The molecular weight excluding hydrogens is 460 g/mol. The van der Waals surface area contributed by atoms with Gasteiger partial charge in [0.15, 0.2) is 0 Å². The van der Waals surface area contributed by atoms with Gasteiger partial charge in [-0.15, -0.1) is 0 Å². The van der Waals surface area contributed by atoms with Gasteiger partial charge in [0.2, 0.25) is 0 Å². The molecule has 0 bridgehead atoms. The molecule has 0 unspecified atom stereocenters. The topological polar surface area (TPSA) is 92.8 Å². The summed E-state index contributed by atoms with van der Waals surface area (Å²) in [6.07, 6.45) is 0.535. The second-order valence-corrected chi connectivity index (χ2v) is 10.9. The van der Waals surface area contributed by atoms with Gasteiger partial charge >= 0.3 is 0 Å². The number of hydrogen-bond donors (Lipinski definition) is 1. The summed E-state index contributed by atoms with van der Waals surface area (Å²) < 4.78 is 60.6. The zero-order valence-corrected chi connectivity index (χ0v) is 18.8. The highest BCUT2D eigenvalue weighted by molar-refractivity contribution is 7.93. The summed E-state index contributed by atoms with van der Waals surface area (Å²) in [6.45, 7) is 0.273. The van der Waals surface area contributed by atoms with Crippen LogP contribution in [0, 0.1) is 0 Å². The lowest BCUT2D eigenvalue weighted by atomic mass is 10.1. The molecule has 10 heteroatoms. The smallest absolute Gasteiger partial charge is 0.264 e. The maximum Gasteiger partial charge on any atom is 0.264 e. The third kappa shape index (κ3) is 4.21. The summed E-state index contributed by atoms with van der Waals surface area (Å²) in [5.41, 5.74) is 1.54. The van der Waals surface area contributed by atoms with E-state index in [2.05, 4.69) is 4.72 Å². The van der Waals surface area contributed by atoms with Crippen LogP contribution >= 0.6 is 11.6 Å². The Bertz CT molecular complexity index is 1320. The molecule has 0 aliphatic carbocycles. The first-order valence-corrected chi connectivity index (χ1v) is 12.6. The Labute approximate surface area is 186 Å². The highest BCUT2D eigenvalue weighted by Crippen LogP contribution is 2.35. The highest BCUT2D eigenvalue weighted by Gasteiger charge is 2.31. The van der Waals surface area contributed by atoms with Crippen molar-refractivity contribution < 1.29 is 21.6 Å². The van der Waals surface area contributed by atoms with Gasteiger partial charge in [-0.25, -0.2) is 16.8 Å². The number of fused-ring (bicyclic) bond motifs is 1. The lowest BCUT2D eigenvalue weighted by Crippen LogP contribution is -2.29. The minimum Gasteiger partial charge on any atom is -0.497 e. The van der Waals surface area contributed by atoms with E-state index in [-0.39, 0.29) is 22.0 Å². The molecule has 0 amide bonds. The third-order valence-corrected chi connectivity index (χ3v) is 8.44. The molecule has 1 aliphatic rings. The van der Waals surface area contributed by atoms with E-state index in [1.165, 1.54) is 53.9 Å². The van der Waals surface area contributed by atoms with Gasteiger partial charge in [-0.2, -0.15) is 0 Å². The van der Waals surface area contributed by atoms with Crippen LogP contribution in [-0.4, -0.2) is 30.5 Å². The van der Waals surface area contributed by atoms with Crippen LogP contribution in [0.1, 0.15) is 5.56 Å². The predicted octanol–water partition coefficient (Wildman–Crippen LogP) is 3.90. The van der Waals surface area contributed by atoms with Gasteiger partial charge < -0.3 is 4.74 Å². The molecule has 4 rings (SSSR count). The Balaban J connectivity index is 1.64. The number of nitrogens with zero attached hydrogens (tertiary/aromatic N) is 1. The Hall–Kier alpha value is -2.75. The molecule has 3 aromatic rings. The van der Waals surface area contributed by atoms with Crippen molar-refractivity contribution in [3.63, 3.8) is 0 Å². The van der Waals surface area contributed by atoms with Crippen LogP contribution < -0.4 is 13.8 Å². The number of methoxy groups -OCH3 is 1. The molecule has 1 N–H and O–H groups in total. The number of ether oxygens (including phenoxy) is 1. The van der Waals surface area contributed by atoms with E-state index >= 15 is 0 Å². The first-order valence-electron chi connectivity index (χ1n) is 9.29. The molecule has 0 fully saturated rings. The zero-order valence-electron chi connectivity index (χ0n) is 16.4. The SMILES string of the molecule is COc1ccc(S(=O)(=O)Nc2ccc3c(c2)N(S(=O)(=O)c2ccc(Cl)cc2)CC3)cc1. The molecule has 1 heterocycles. The maximum absolute atomic E-state index is 13.1. The van der Waals surface area contributed by atoms with Crippen LogP contribution in [0.2, 0.25) is 5.02 Å². The Morgan fingerprint density at radius 3 is 2.19 bits per heavy atom. The van der Waals surface area contributed by atoms with E-state index in [0.717, 1.165) is 5.56 Å². The zero-order chi connectivity index (χ0) is 22.2. The molecule has 0 atom stereocenters. The molecule has 1 aliphatic heterocycles. The standard InChI is InChI=1S/C21H19ClN2O5S2/c1-29-18-6-10-19(11-7-18)30(25,26)23-17-5-2-15-12-13-24(21(15)14-17)31(27,28)20-8-3-16(22)4-9-20/h2-11,14,23H,12-13H2,1H3. The van der Waals surface area contributed by atoms with Crippen molar-refractivity contribution in [2.24, 2.45) is 0 Å². The van der Waals surface area contributed by atoms with Crippen molar-refractivity contribution >= 4 is 43.0 Å². The third-order valence-electron chi connectivity index (χ3n) is 4.96. The lowest BCUT2D eigenvalue weighted by molar-refractivity contribution is 0.414. The van der Waals surface area contributed by atoms with Crippen LogP contribution in [0.25, 0.3) is 0 Å². The van der Waals surface area contributed by atoms with Gasteiger partial charge in [0.25, 0.3) is 20.0 Å². The number of rotatable bonds is 6. The summed E-state index contributed by atoms with van der Waals surface area (Å²) in [4.78, 5) is 0.188. The normalized spacial score (nSPS) is 13.7. The van der Waals surface area contributed by atoms with Crippen LogP contribution in [-0.2, 0) is 26.5 Å². The van der Waals surface area contributed by atoms with Crippen LogP contribution in [0.3, 0.4) is 0 Å². The highest BCUT2D eigenvalue weighted by atomic mass is 35.5. The summed E-state index contributed by atoms with van der Waals surface area (Å²) in [5.74, 6) is 0.541. The fraction of sp³-hybridized carbons (Fsp3) is 0.143. The van der Waals surface area contributed by atoms with E-state index in [9.17, 15) is 16.8 Å². The fourth-order valence-electron chi connectivity index (χ4n) is 3.37. The van der Waals surface area contributed by atoms with E-state index in [0.29, 0.717) is 22.9 Å². The summed E-state index contributed by atoms with van der Waals surface area (Å²) >= 11 is 5.87. The van der Waals surface area contributed by atoms with Crippen molar-refractivity contribution in [3.8, 4) is 5.75 Å². The van der Waals surface area contributed by atoms with Gasteiger partial charge in [-0.1, -0.05) is 17.7 Å². The Kier molecular flexibility index (Phi) is 5.59. The fourth-order valence-corrected chi connectivity index (χ4v) is 6.04. The summed E-state index contributed by atoms with van der Waals surface area (Å²) in [6, 6.07) is 16.8. The largest absolute Gasteiger partial charge is 0.497 e. The number of anilines is 2. The molecule has 0 spiro atoms. The van der Waals surface area contributed by atoms with E-state index in [4.69, 9.17) is 16.3 Å². The summed E-state index contributed by atoms with van der Waals surface area (Å²) in [5, 5.41) is 0.441. The number of benzene rings is 3. The molecule has 7 nitrogen and oxygen atoms in total. The number of nitrogens with one attached hydrogen (secondary N) is 1. The van der Waals surface area contributed by atoms with Crippen LogP contribution in [0.5, 0.6) is 5.75 Å². The summed E-state index contributed by atoms with van der Waals surface area (Å²) in [7, 11) is -6.16. The molecular formula is C21H19ClN2O5S2. The quantitative estimate of drug-likeness (QED) is 0.580. The van der Waals surface area contributed by atoms with Crippen LogP contribution in [0.4, 0.5) is 11.4 Å². The number of hydrogen-bond acceptors (Lipinski definition) is 5. The van der Waals surface area contributed by atoms with Crippen molar-refractivity contribution in [1.82, 2.24) is 0 Å². The van der Waals surface area contributed by atoms with E-state index < -0.39 is 20.0 Å². The van der Waals surface area contributed by atoms with Crippen molar-refractivity contribution in [3.05, 3.63) is 77.3 Å². The molecule has 0 saturated heterocycles. The van der Waals surface area contributed by atoms with Gasteiger partial charge in [-0.3, -0.25) is 9.03 Å². The first kappa shape index (κ1) is 21.5. The average Bonchev–Trinajstić information content (AvgIpc) is 3.18. The van der Waals surface area contributed by atoms with E-state index in [1.54, 1.807) is 24.3 Å². The van der Waals surface area contributed by atoms with Gasteiger partial charge in [0, 0.05) is 11.6 Å². The predicted molar refractivity (Wildman–Crippen MR) is 120 cm³/mol. The molecule has 0 saturated carbocycles. The average molecular weight is 479 g/mol. The Morgan fingerprint density at radius 1 is 0.903 bits per heavy atom. The molecule has 0 radical (unpaired) electrons. The number of halogens is 1. The molecule has 0 aromatic heterocycles.